The van der Waals surface area contributed by atoms with Gasteiger partial charge in [-0.2, -0.15) is 0 Å². The predicted octanol–water partition coefficient (Wildman–Crippen LogP) is 3.40. The first-order valence-electron chi connectivity index (χ1n) is 6.88. The van der Waals surface area contributed by atoms with Crippen LogP contribution in [0.25, 0.3) is 0 Å². The smallest absolute Gasteiger partial charge is 0.162 e. The van der Waals surface area contributed by atoms with Crippen LogP contribution in [0.2, 0.25) is 0 Å². The zero-order valence-electron chi connectivity index (χ0n) is 12.0. The Bertz CT molecular complexity index is 584. The van der Waals surface area contributed by atoms with E-state index in [1.54, 1.807) is 13.2 Å². The number of hydrogen-bond donors (Lipinski definition) is 1. The maximum absolute atomic E-state index is 13.6. The Morgan fingerprint density at radius 1 is 1.10 bits per heavy atom. The van der Waals surface area contributed by atoms with Crippen LogP contribution in [0.15, 0.2) is 42.5 Å². The van der Waals surface area contributed by atoms with Crippen LogP contribution in [0.3, 0.4) is 0 Å². The summed E-state index contributed by atoms with van der Waals surface area (Å²) in [4.78, 5) is 0. The first-order valence-corrected chi connectivity index (χ1v) is 6.88. The Hall–Kier alpha value is -1.78. The summed E-state index contributed by atoms with van der Waals surface area (Å²) >= 11 is 0. The van der Waals surface area contributed by atoms with E-state index in [1.807, 2.05) is 24.3 Å². The molecule has 4 heteroatoms. The molecule has 2 aromatic rings. The number of halogens is 2. The van der Waals surface area contributed by atoms with Gasteiger partial charge >= 0.3 is 0 Å². The van der Waals surface area contributed by atoms with Gasteiger partial charge in [-0.3, -0.25) is 0 Å². The minimum atomic E-state index is -0.838. The second kappa shape index (κ2) is 7.29. The fourth-order valence-corrected chi connectivity index (χ4v) is 2.21. The summed E-state index contributed by atoms with van der Waals surface area (Å²) in [6.45, 7) is 0.667. The molecule has 0 aromatic heterocycles. The van der Waals surface area contributed by atoms with Crippen LogP contribution in [-0.2, 0) is 17.6 Å². The summed E-state index contributed by atoms with van der Waals surface area (Å²) in [6, 6.07) is 11.6. The summed E-state index contributed by atoms with van der Waals surface area (Å²) in [7, 11) is 1.66. The van der Waals surface area contributed by atoms with E-state index in [0.29, 0.717) is 12.2 Å². The SMILES string of the molecule is COCCc1ccc(C(N)Cc2cccc(F)c2F)cc1. The first-order chi connectivity index (χ1) is 10.1. The molecule has 0 radical (unpaired) electrons. The average Bonchev–Trinajstić information content (AvgIpc) is 2.50. The molecule has 2 rings (SSSR count). The molecule has 0 amide bonds. The molecule has 0 aliphatic rings. The zero-order chi connectivity index (χ0) is 15.2. The zero-order valence-corrected chi connectivity index (χ0v) is 12.0. The lowest BCUT2D eigenvalue weighted by Crippen LogP contribution is -2.14. The third kappa shape index (κ3) is 4.09. The second-order valence-corrected chi connectivity index (χ2v) is 5.01. The Labute approximate surface area is 123 Å². The van der Waals surface area contributed by atoms with Crippen molar-refractivity contribution in [3.05, 3.63) is 70.8 Å². The van der Waals surface area contributed by atoms with Crippen LogP contribution >= 0.6 is 0 Å². The Morgan fingerprint density at radius 3 is 2.48 bits per heavy atom. The highest BCUT2D eigenvalue weighted by molar-refractivity contribution is 5.28. The third-order valence-corrected chi connectivity index (χ3v) is 3.47. The topological polar surface area (TPSA) is 35.2 Å². The molecule has 0 fully saturated rings. The standard InChI is InChI=1S/C17H19F2NO/c1-21-10-9-12-5-7-13(8-6-12)16(20)11-14-3-2-4-15(18)17(14)19/h2-8,16H,9-11,20H2,1H3. The molecule has 0 saturated heterocycles. The largest absolute Gasteiger partial charge is 0.384 e. The highest BCUT2D eigenvalue weighted by Crippen LogP contribution is 2.20. The number of hydrogen-bond acceptors (Lipinski definition) is 2. The summed E-state index contributed by atoms with van der Waals surface area (Å²) < 4.78 is 31.8. The van der Waals surface area contributed by atoms with E-state index in [9.17, 15) is 8.78 Å². The van der Waals surface area contributed by atoms with Gasteiger partial charge in [0.15, 0.2) is 11.6 Å². The van der Waals surface area contributed by atoms with Crippen LogP contribution in [-0.4, -0.2) is 13.7 Å². The number of rotatable bonds is 6. The van der Waals surface area contributed by atoms with Crippen LogP contribution < -0.4 is 5.73 Å². The van der Waals surface area contributed by atoms with Crippen molar-refractivity contribution >= 4 is 0 Å². The maximum Gasteiger partial charge on any atom is 0.162 e. The fourth-order valence-electron chi connectivity index (χ4n) is 2.21. The van der Waals surface area contributed by atoms with Crippen LogP contribution in [0.1, 0.15) is 22.7 Å². The summed E-state index contributed by atoms with van der Waals surface area (Å²) in [5, 5.41) is 0. The van der Waals surface area contributed by atoms with Crippen molar-refractivity contribution in [1.82, 2.24) is 0 Å². The minimum Gasteiger partial charge on any atom is -0.384 e. The molecule has 2 nitrogen and oxygen atoms in total. The van der Waals surface area contributed by atoms with E-state index in [4.69, 9.17) is 10.5 Å². The normalized spacial score (nSPS) is 12.4. The van der Waals surface area contributed by atoms with Crippen molar-refractivity contribution in [2.75, 3.05) is 13.7 Å². The van der Waals surface area contributed by atoms with Crippen LogP contribution in [0.4, 0.5) is 8.78 Å². The molecular weight excluding hydrogens is 272 g/mol. The molecule has 2 N–H and O–H groups in total. The van der Waals surface area contributed by atoms with Crippen LogP contribution in [0, 0.1) is 11.6 Å². The minimum absolute atomic E-state index is 0.265. The molecule has 21 heavy (non-hydrogen) atoms. The monoisotopic (exact) mass is 291 g/mol. The quantitative estimate of drug-likeness (QED) is 0.885. The van der Waals surface area contributed by atoms with Crippen molar-refractivity contribution in [2.45, 2.75) is 18.9 Å². The van der Waals surface area contributed by atoms with Gasteiger partial charge < -0.3 is 10.5 Å². The Kier molecular flexibility index (Phi) is 5.42. The van der Waals surface area contributed by atoms with E-state index in [1.165, 1.54) is 6.07 Å². The van der Waals surface area contributed by atoms with E-state index in [2.05, 4.69) is 0 Å². The van der Waals surface area contributed by atoms with E-state index in [-0.39, 0.29) is 12.5 Å². The molecule has 0 spiro atoms. The molecule has 0 aliphatic carbocycles. The lowest BCUT2D eigenvalue weighted by atomic mass is 9.98. The van der Waals surface area contributed by atoms with Crippen molar-refractivity contribution in [2.24, 2.45) is 5.73 Å². The molecule has 1 unspecified atom stereocenters. The van der Waals surface area contributed by atoms with Gasteiger partial charge in [-0.15, -0.1) is 0 Å². The van der Waals surface area contributed by atoms with Gasteiger partial charge in [0.2, 0.25) is 0 Å². The third-order valence-electron chi connectivity index (χ3n) is 3.47. The van der Waals surface area contributed by atoms with Gasteiger partial charge in [0.25, 0.3) is 0 Å². The maximum atomic E-state index is 13.6. The lowest BCUT2D eigenvalue weighted by Gasteiger charge is -2.13. The summed E-state index contributed by atoms with van der Waals surface area (Å²) in [6.07, 6.45) is 1.10. The molecule has 0 bridgehead atoms. The molecule has 2 aromatic carbocycles. The van der Waals surface area contributed by atoms with E-state index in [0.717, 1.165) is 23.6 Å². The molecule has 0 saturated carbocycles. The molecule has 0 aliphatic heterocycles. The van der Waals surface area contributed by atoms with Gasteiger partial charge in [-0.25, -0.2) is 8.78 Å². The van der Waals surface area contributed by atoms with Crippen LogP contribution in [0.5, 0.6) is 0 Å². The molecule has 0 heterocycles. The molecule has 112 valence electrons. The Morgan fingerprint density at radius 2 is 1.81 bits per heavy atom. The van der Waals surface area contributed by atoms with E-state index >= 15 is 0 Å². The van der Waals surface area contributed by atoms with Gasteiger partial charge in [-0.1, -0.05) is 36.4 Å². The highest BCUT2D eigenvalue weighted by atomic mass is 19.2. The number of methoxy groups -OCH3 is 1. The number of nitrogens with two attached hydrogens (primary N) is 1. The first kappa shape index (κ1) is 15.6. The van der Waals surface area contributed by atoms with Crippen molar-refractivity contribution in [3.63, 3.8) is 0 Å². The van der Waals surface area contributed by atoms with Gasteiger partial charge in [-0.05, 0) is 35.6 Å². The number of ether oxygens (including phenoxy) is 1. The summed E-state index contributed by atoms with van der Waals surface area (Å²) in [5.41, 5.74) is 8.44. The molecular formula is C17H19F2NO. The second-order valence-electron chi connectivity index (χ2n) is 5.01. The lowest BCUT2D eigenvalue weighted by molar-refractivity contribution is 0.202. The highest BCUT2D eigenvalue weighted by Gasteiger charge is 2.13. The van der Waals surface area contributed by atoms with Crippen molar-refractivity contribution in [3.8, 4) is 0 Å². The van der Waals surface area contributed by atoms with Gasteiger partial charge in [0.05, 0.1) is 6.61 Å². The predicted molar refractivity (Wildman–Crippen MR) is 79.0 cm³/mol. The average molecular weight is 291 g/mol. The number of benzene rings is 2. The van der Waals surface area contributed by atoms with Crippen molar-refractivity contribution < 1.29 is 13.5 Å². The summed E-state index contributed by atoms with van der Waals surface area (Å²) in [5.74, 6) is -1.65. The fraction of sp³-hybridized carbons (Fsp3) is 0.294. The molecule has 1 atom stereocenters. The van der Waals surface area contributed by atoms with Crippen molar-refractivity contribution in [1.29, 1.82) is 0 Å². The van der Waals surface area contributed by atoms with Gasteiger partial charge in [0.1, 0.15) is 0 Å². The van der Waals surface area contributed by atoms with E-state index < -0.39 is 11.6 Å². The van der Waals surface area contributed by atoms with Gasteiger partial charge in [0, 0.05) is 13.2 Å². The Balaban J connectivity index is 2.06.